The van der Waals surface area contributed by atoms with E-state index in [2.05, 4.69) is 4.99 Å². The van der Waals surface area contributed by atoms with Gasteiger partial charge in [-0.05, 0) is 55.3 Å². The van der Waals surface area contributed by atoms with Crippen LogP contribution in [-0.2, 0) is 0 Å². The lowest BCUT2D eigenvalue weighted by atomic mass is 10.2. The minimum Gasteiger partial charge on any atom is -0.492 e. The highest BCUT2D eigenvalue weighted by Crippen LogP contribution is 2.26. The van der Waals surface area contributed by atoms with Crippen LogP contribution in [-0.4, -0.2) is 12.8 Å². The van der Waals surface area contributed by atoms with Gasteiger partial charge in [0.15, 0.2) is 0 Å². The molecular weight excluding hydrogens is 293 g/mol. The zero-order chi connectivity index (χ0) is 14.5. The molecular formula is C16H15Cl2NO. The Morgan fingerprint density at radius 1 is 1.15 bits per heavy atom. The number of ether oxygens (including phenoxy) is 1. The van der Waals surface area contributed by atoms with Gasteiger partial charge in [-0.15, -0.1) is 0 Å². The molecule has 0 bridgehead atoms. The molecule has 0 aromatic heterocycles. The number of aryl methyl sites for hydroxylation is 1. The first-order valence-electron chi connectivity index (χ1n) is 6.32. The monoisotopic (exact) mass is 307 g/mol. The van der Waals surface area contributed by atoms with E-state index < -0.39 is 0 Å². The molecule has 0 unspecified atom stereocenters. The zero-order valence-corrected chi connectivity index (χ0v) is 12.9. The van der Waals surface area contributed by atoms with Crippen molar-refractivity contribution in [2.24, 2.45) is 4.99 Å². The van der Waals surface area contributed by atoms with Gasteiger partial charge in [0, 0.05) is 11.2 Å². The molecule has 0 aliphatic heterocycles. The van der Waals surface area contributed by atoms with Crippen molar-refractivity contribution in [3.63, 3.8) is 0 Å². The predicted molar refractivity (Wildman–Crippen MR) is 86.1 cm³/mol. The van der Waals surface area contributed by atoms with Gasteiger partial charge in [-0.1, -0.05) is 29.3 Å². The number of hydrogen-bond donors (Lipinski definition) is 0. The van der Waals surface area contributed by atoms with Crippen LogP contribution in [0.5, 0.6) is 5.75 Å². The quantitative estimate of drug-likeness (QED) is 0.688. The Bertz CT molecular complexity index is 638. The highest BCUT2D eigenvalue weighted by Gasteiger charge is 2.02. The van der Waals surface area contributed by atoms with Gasteiger partial charge in [0.05, 0.1) is 17.3 Å². The van der Waals surface area contributed by atoms with Crippen molar-refractivity contribution in [2.45, 2.75) is 13.8 Å². The standard InChI is InChI=1S/C16H15Cl2NO/c1-3-20-16-7-5-12(8-14(16)18)10-19-15-9-13(17)6-4-11(15)2/h4-10H,3H2,1-2H3. The SMILES string of the molecule is CCOc1ccc(C=Nc2cc(Cl)ccc2C)cc1Cl. The van der Waals surface area contributed by atoms with Crippen molar-refractivity contribution < 1.29 is 4.74 Å². The first kappa shape index (κ1) is 14.9. The lowest BCUT2D eigenvalue weighted by Gasteiger charge is -2.05. The van der Waals surface area contributed by atoms with Crippen LogP contribution in [0.25, 0.3) is 0 Å². The number of aliphatic imine (C=N–C) groups is 1. The summed E-state index contributed by atoms with van der Waals surface area (Å²) in [5.41, 5.74) is 2.84. The lowest BCUT2D eigenvalue weighted by molar-refractivity contribution is 0.340. The van der Waals surface area contributed by atoms with Crippen LogP contribution in [0.2, 0.25) is 10.0 Å². The number of hydrogen-bond acceptors (Lipinski definition) is 2. The molecule has 2 rings (SSSR count). The number of rotatable bonds is 4. The van der Waals surface area contributed by atoms with Crippen molar-refractivity contribution >= 4 is 35.1 Å². The van der Waals surface area contributed by atoms with E-state index >= 15 is 0 Å². The first-order chi connectivity index (χ1) is 9.60. The molecule has 0 saturated carbocycles. The van der Waals surface area contributed by atoms with E-state index in [-0.39, 0.29) is 0 Å². The largest absolute Gasteiger partial charge is 0.492 e. The molecule has 0 spiro atoms. The van der Waals surface area contributed by atoms with E-state index in [1.807, 2.05) is 50.2 Å². The third-order valence-corrected chi connectivity index (χ3v) is 3.31. The van der Waals surface area contributed by atoms with Gasteiger partial charge in [-0.2, -0.15) is 0 Å². The second-order valence-electron chi connectivity index (χ2n) is 4.31. The van der Waals surface area contributed by atoms with E-state index in [4.69, 9.17) is 27.9 Å². The molecule has 0 saturated heterocycles. The molecule has 4 heteroatoms. The van der Waals surface area contributed by atoms with Crippen molar-refractivity contribution in [1.82, 2.24) is 0 Å². The summed E-state index contributed by atoms with van der Waals surface area (Å²) in [5.74, 6) is 0.685. The molecule has 2 nitrogen and oxygen atoms in total. The van der Waals surface area contributed by atoms with Crippen LogP contribution in [0.15, 0.2) is 41.4 Å². The minimum atomic E-state index is 0.582. The number of halogens is 2. The van der Waals surface area contributed by atoms with Crippen LogP contribution >= 0.6 is 23.2 Å². The van der Waals surface area contributed by atoms with Crippen LogP contribution in [0.4, 0.5) is 5.69 Å². The summed E-state index contributed by atoms with van der Waals surface area (Å²) in [6, 6.07) is 11.2. The van der Waals surface area contributed by atoms with E-state index in [1.165, 1.54) is 0 Å². The maximum Gasteiger partial charge on any atom is 0.137 e. The van der Waals surface area contributed by atoms with Crippen molar-refractivity contribution in [3.8, 4) is 5.75 Å². The molecule has 0 radical (unpaired) electrons. The molecule has 0 aliphatic carbocycles. The van der Waals surface area contributed by atoms with E-state index in [0.717, 1.165) is 16.8 Å². The molecule has 2 aromatic rings. The van der Waals surface area contributed by atoms with Crippen LogP contribution in [0.3, 0.4) is 0 Å². The van der Waals surface area contributed by atoms with E-state index in [9.17, 15) is 0 Å². The Balaban J connectivity index is 2.23. The molecule has 104 valence electrons. The Kier molecular flexibility index (Phi) is 5.05. The lowest BCUT2D eigenvalue weighted by Crippen LogP contribution is -1.92. The molecule has 0 amide bonds. The second-order valence-corrected chi connectivity index (χ2v) is 5.16. The minimum absolute atomic E-state index is 0.582. The Labute approximate surface area is 129 Å². The summed E-state index contributed by atoms with van der Waals surface area (Å²) in [7, 11) is 0. The maximum absolute atomic E-state index is 6.14. The first-order valence-corrected chi connectivity index (χ1v) is 7.08. The molecule has 0 N–H and O–H groups in total. The topological polar surface area (TPSA) is 21.6 Å². The highest BCUT2D eigenvalue weighted by molar-refractivity contribution is 6.32. The summed E-state index contributed by atoms with van der Waals surface area (Å²) in [6.45, 7) is 4.51. The van der Waals surface area contributed by atoms with E-state index in [0.29, 0.717) is 22.4 Å². The zero-order valence-electron chi connectivity index (χ0n) is 11.4. The highest BCUT2D eigenvalue weighted by atomic mass is 35.5. The summed E-state index contributed by atoms with van der Waals surface area (Å²) in [5, 5.41) is 1.26. The fourth-order valence-electron chi connectivity index (χ4n) is 1.74. The predicted octanol–water partition coefficient (Wildman–Crippen LogP) is 5.45. The average Bonchev–Trinajstić information content (AvgIpc) is 2.43. The Morgan fingerprint density at radius 2 is 1.95 bits per heavy atom. The fourth-order valence-corrected chi connectivity index (χ4v) is 2.15. The maximum atomic E-state index is 6.14. The smallest absolute Gasteiger partial charge is 0.137 e. The normalized spacial score (nSPS) is 11.0. The van der Waals surface area contributed by atoms with Crippen LogP contribution in [0.1, 0.15) is 18.1 Å². The van der Waals surface area contributed by atoms with Crippen molar-refractivity contribution in [3.05, 3.63) is 57.6 Å². The van der Waals surface area contributed by atoms with Gasteiger partial charge in [-0.25, -0.2) is 0 Å². The third kappa shape index (κ3) is 3.75. The fraction of sp³-hybridized carbons (Fsp3) is 0.188. The molecule has 20 heavy (non-hydrogen) atoms. The second kappa shape index (κ2) is 6.78. The Morgan fingerprint density at radius 3 is 2.65 bits per heavy atom. The van der Waals surface area contributed by atoms with Gasteiger partial charge in [-0.3, -0.25) is 4.99 Å². The van der Waals surface area contributed by atoms with E-state index in [1.54, 1.807) is 6.21 Å². The molecule has 2 aromatic carbocycles. The molecule has 0 atom stereocenters. The molecule has 0 heterocycles. The van der Waals surface area contributed by atoms with Crippen LogP contribution < -0.4 is 4.74 Å². The summed E-state index contributed by atoms with van der Waals surface area (Å²) >= 11 is 12.1. The third-order valence-electron chi connectivity index (χ3n) is 2.78. The summed E-state index contributed by atoms with van der Waals surface area (Å²) in [6.07, 6.45) is 1.76. The van der Waals surface area contributed by atoms with Crippen molar-refractivity contribution in [1.29, 1.82) is 0 Å². The van der Waals surface area contributed by atoms with Gasteiger partial charge in [0.1, 0.15) is 5.75 Å². The van der Waals surface area contributed by atoms with Gasteiger partial charge >= 0.3 is 0 Å². The van der Waals surface area contributed by atoms with Crippen molar-refractivity contribution in [2.75, 3.05) is 6.61 Å². The Hall–Kier alpha value is -1.51. The van der Waals surface area contributed by atoms with Gasteiger partial charge in [0.2, 0.25) is 0 Å². The van der Waals surface area contributed by atoms with Crippen LogP contribution in [0, 0.1) is 6.92 Å². The molecule has 0 aliphatic rings. The number of benzene rings is 2. The number of nitrogens with zero attached hydrogens (tertiary/aromatic N) is 1. The van der Waals surface area contributed by atoms with Gasteiger partial charge in [0.25, 0.3) is 0 Å². The summed E-state index contributed by atoms with van der Waals surface area (Å²) in [4.78, 5) is 4.44. The molecule has 0 fully saturated rings. The summed E-state index contributed by atoms with van der Waals surface area (Å²) < 4.78 is 5.40. The van der Waals surface area contributed by atoms with Gasteiger partial charge < -0.3 is 4.74 Å². The average molecular weight is 308 g/mol.